The summed E-state index contributed by atoms with van der Waals surface area (Å²) in [6.07, 6.45) is 6.26. The Bertz CT molecular complexity index is 175. The quantitative estimate of drug-likeness (QED) is 0.546. The molecule has 0 atom stereocenters. The molecule has 0 unspecified atom stereocenters. The van der Waals surface area contributed by atoms with Gasteiger partial charge in [-0.05, 0) is 25.8 Å². The molecule has 0 aromatic heterocycles. The average Bonchev–Trinajstić information content (AvgIpc) is 1.97. The first-order valence-electron chi connectivity index (χ1n) is 4.05. The number of hydrogen-bond acceptors (Lipinski definition) is 1. The summed E-state index contributed by atoms with van der Waals surface area (Å²) in [7, 11) is 0. The Morgan fingerprint density at radius 2 is 2.18 bits per heavy atom. The van der Waals surface area contributed by atoms with Crippen LogP contribution in [0, 0.1) is 0 Å². The zero-order valence-electron chi connectivity index (χ0n) is 7.72. The summed E-state index contributed by atoms with van der Waals surface area (Å²) in [5.41, 5.74) is 2.15. The summed E-state index contributed by atoms with van der Waals surface area (Å²) in [4.78, 5) is 4.13. The van der Waals surface area contributed by atoms with Gasteiger partial charge in [-0.2, -0.15) is 0 Å². The average molecular weight is 151 g/mol. The lowest BCUT2D eigenvalue weighted by Gasteiger charge is -1.95. The third-order valence-electron chi connectivity index (χ3n) is 1.36. The van der Waals surface area contributed by atoms with Crippen molar-refractivity contribution in [2.45, 2.75) is 33.6 Å². The fraction of sp³-hybridized carbons (Fsp3) is 0.500. The highest BCUT2D eigenvalue weighted by Gasteiger charge is 1.87. The lowest BCUT2D eigenvalue weighted by atomic mass is 10.1. The maximum atomic E-state index is 4.13. The van der Waals surface area contributed by atoms with Crippen LogP contribution >= 0.6 is 0 Å². The molecule has 0 amide bonds. The van der Waals surface area contributed by atoms with Crippen LogP contribution in [-0.4, -0.2) is 6.21 Å². The van der Waals surface area contributed by atoms with Gasteiger partial charge >= 0.3 is 0 Å². The minimum absolute atomic E-state index is 0.862. The van der Waals surface area contributed by atoms with Crippen molar-refractivity contribution >= 4 is 6.21 Å². The molecular formula is C10H17N. The molecule has 1 nitrogen and oxygen atoms in total. The van der Waals surface area contributed by atoms with E-state index < -0.39 is 0 Å². The highest BCUT2D eigenvalue weighted by Crippen LogP contribution is 2.02. The monoisotopic (exact) mass is 151 g/mol. The zero-order valence-corrected chi connectivity index (χ0v) is 7.72. The molecular weight excluding hydrogens is 134 g/mol. The van der Waals surface area contributed by atoms with E-state index in [1.165, 1.54) is 12.0 Å². The number of rotatable bonds is 4. The van der Waals surface area contributed by atoms with Crippen LogP contribution in [0.5, 0.6) is 0 Å². The first-order valence-corrected chi connectivity index (χ1v) is 4.05. The van der Waals surface area contributed by atoms with Crippen LogP contribution < -0.4 is 0 Å². The van der Waals surface area contributed by atoms with Crippen molar-refractivity contribution in [1.29, 1.82) is 0 Å². The lowest BCUT2D eigenvalue weighted by molar-refractivity contribution is 0.936. The molecule has 62 valence electrons. The third kappa shape index (κ3) is 5.59. The van der Waals surface area contributed by atoms with Crippen LogP contribution in [0.2, 0.25) is 0 Å². The summed E-state index contributed by atoms with van der Waals surface area (Å²) in [5, 5.41) is 0. The highest BCUT2D eigenvalue weighted by molar-refractivity contribution is 5.79. The van der Waals surface area contributed by atoms with Gasteiger partial charge in [0.15, 0.2) is 0 Å². The first kappa shape index (κ1) is 10.2. The SMILES string of the molecule is C=C(C)N=C/C(=C\C)CCC. The van der Waals surface area contributed by atoms with Crippen molar-refractivity contribution in [2.75, 3.05) is 0 Å². The first-order chi connectivity index (χ1) is 5.20. The summed E-state index contributed by atoms with van der Waals surface area (Å²) >= 11 is 0. The summed E-state index contributed by atoms with van der Waals surface area (Å²) < 4.78 is 0. The van der Waals surface area contributed by atoms with Gasteiger partial charge in [0.2, 0.25) is 0 Å². The fourth-order valence-electron chi connectivity index (χ4n) is 0.765. The third-order valence-corrected chi connectivity index (χ3v) is 1.36. The molecule has 0 spiro atoms. The second kappa shape index (κ2) is 5.90. The molecule has 0 aromatic rings. The van der Waals surface area contributed by atoms with E-state index >= 15 is 0 Å². The predicted octanol–water partition coefficient (Wildman–Crippen LogP) is 3.34. The van der Waals surface area contributed by atoms with Crippen molar-refractivity contribution < 1.29 is 0 Å². The minimum Gasteiger partial charge on any atom is -0.262 e. The second-order valence-electron chi connectivity index (χ2n) is 2.61. The Balaban J connectivity index is 3.98. The van der Waals surface area contributed by atoms with E-state index in [1.54, 1.807) is 0 Å². The van der Waals surface area contributed by atoms with Crippen LogP contribution in [0.25, 0.3) is 0 Å². The molecule has 0 aliphatic rings. The van der Waals surface area contributed by atoms with E-state index in [-0.39, 0.29) is 0 Å². The molecule has 0 aromatic carbocycles. The number of hydrogen-bond donors (Lipinski definition) is 0. The zero-order chi connectivity index (χ0) is 8.69. The number of aliphatic imine (C=N–C) groups is 1. The Labute approximate surface area is 69.5 Å². The molecule has 0 saturated carbocycles. The smallest absolute Gasteiger partial charge is 0.0301 e. The Morgan fingerprint density at radius 3 is 2.55 bits per heavy atom. The summed E-state index contributed by atoms with van der Waals surface area (Å²) in [5.74, 6) is 0. The second-order valence-corrected chi connectivity index (χ2v) is 2.61. The number of nitrogens with zero attached hydrogens (tertiary/aromatic N) is 1. The molecule has 0 saturated heterocycles. The number of allylic oxidation sites excluding steroid dienone is 3. The molecule has 0 radical (unpaired) electrons. The van der Waals surface area contributed by atoms with E-state index in [9.17, 15) is 0 Å². The van der Waals surface area contributed by atoms with Gasteiger partial charge in [-0.1, -0.05) is 26.0 Å². The molecule has 0 aliphatic carbocycles. The summed E-state index contributed by atoms with van der Waals surface area (Å²) in [6.45, 7) is 9.80. The van der Waals surface area contributed by atoms with E-state index in [2.05, 4.69) is 24.6 Å². The Kier molecular flexibility index (Phi) is 5.44. The molecule has 1 heteroatoms. The molecule has 0 heterocycles. The summed E-state index contributed by atoms with van der Waals surface area (Å²) in [6, 6.07) is 0. The van der Waals surface area contributed by atoms with Gasteiger partial charge in [0, 0.05) is 11.9 Å². The molecule has 0 fully saturated rings. The van der Waals surface area contributed by atoms with Gasteiger partial charge in [-0.25, -0.2) is 0 Å². The molecule has 0 N–H and O–H groups in total. The van der Waals surface area contributed by atoms with E-state index in [4.69, 9.17) is 0 Å². The van der Waals surface area contributed by atoms with E-state index in [0.29, 0.717) is 0 Å². The van der Waals surface area contributed by atoms with Gasteiger partial charge < -0.3 is 0 Å². The van der Waals surface area contributed by atoms with E-state index in [1.807, 2.05) is 20.1 Å². The van der Waals surface area contributed by atoms with Crippen molar-refractivity contribution in [2.24, 2.45) is 4.99 Å². The largest absolute Gasteiger partial charge is 0.262 e. The van der Waals surface area contributed by atoms with Crippen LogP contribution in [-0.2, 0) is 0 Å². The normalized spacial score (nSPS) is 12.5. The minimum atomic E-state index is 0.862. The van der Waals surface area contributed by atoms with Crippen LogP contribution in [0.1, 0.15) is 33.6 Å². The fourth-order valence-corrected chi connectivity index (χ4v) is 0.765. The van der Waals surface area contributed by atoms with Gasteiger partial charge in [0.25, 0.3) is 0 Å². The maximum Gasteiger partial charge on any atom is 0.0301 e. The van der Waals surface area contributed by atoms with Gasteiger partial charge in [-0.3, -0.25) is 4.99 Å². The topological polar surface area (TPSA) is 12.4 Å². The Hall–Kier alpha value is -0.850. The highest BCUT2D eigenvalue weighted by atomic mass is 14.7. The van der Waals surface area contributed by atoms with Crippen molar-refractivity contribution in [3.05, 3.63) is 23.9 Å². The van der Waals surface area contributed by atoms with Gasteiger partial charge in [0.1, 0.15) is 0 Å². The van der Waals surface area contributed by atoms with Crippen molar-refractivity contribution in [1.82, 2.24) is 0 Å². The predicted molar refractivity (Wildman–Crippen MR) is 52.0 cm³/mol. The van der Waals surface area contributed by atoms with Crippen LogP contribution in [0.15, 0.2) is 28.9 Å². The van der Waals surface area contributed by atoms with Gasteiger partial charge in [-0.15, -0.1) is 0 Å². The van der Waals surface area contributed by atoms with Crippen molar-refractivity contribution in [3.8, 4) is 0 Å². The molecule has 0 rings (SSSR count). The molecule has 11 heavy (non-hydrogen) atoms. The maximum absolute atomic E-state index is 4.13. The van der Waals surface area contributed by atoms with E-state index in [0.717, 1.165) is 12.1 Å². The van der Waals surface area contributed by atoms with Crippen LogP contribution in [0.4, 0.5) is 0 Å². The van der Waals surface area contributed by atoms with Crippen molar-refractivity contribution in [3.63, 3.8) is 0 Å². The molecule has 0 bridgehead atoms. The van der Waals surface area contributed by atoms with Gasteiger partial charge in [0.05, 0.1) is 0 Å². The Morgan fingerprint density at radius 1 is 1.55 bits per heavy atom. The van der Waals surface area contributed by atoms with Crippen LogP contribution in [0.3, 0.4) is 0 Å². The standard InChI is InChI=1S/C10H17N/c1-5-7-10(6-2)8-11-9(3)4/h6,8H,3,5,7H2,1-2,4H3/b10-6-,11-8?. The molecule has 0 aliphatic heterocycles. The lowest BCUT2D eigenvalue weighted by Crippen LogP contribution is -1.83.